The van der Waals surface area contributed by atoms with Gasteiger partial charge in [-0.15, -0.1) is 0 Å². The third-order valence-electron chi connectivity index (χ3n) is 2.22. The van der Waals surface area contributed by atoms with Crippen molar-refractivity contribution in [3.63, 3.8) is 0 Å². The third kappa shape index (κ3) is 4.56. The molecule has 1 aromatic carbocycles. The predicted octanol–water partition coefficient (Wildman–Crippen LogP) is 1.67. The molecule has 0 saturated heterocycles. The zero-order valence-corrected chi connectivity index (χ0v) is 11.3. The van der Waals surface area contributed by atoms with Gasteiger partial charge in [-0.3, -0.25) is 4.79 Å². The second kappa shape index (κ2) is 6.39. The topological polar surface area (TPSA) is 55.4 Å². The maximum Gasteiger partial charge on any atom is 0.328 e. The molecule has 5 heteroatoms. The van der Waals surface area contributed by atoms with Gasteiger partial charge >= 0.3 is 5.97 Å². The van der Waals surface area contributed by atoms with Crippen molar-refractivity contribution < 1.29 is 14.3 Å². The molecular weight excluding hydrogens is 286 g/mol. The summed E-state index contributed by atoms with van der Waals surface area (Å²) in [6.07, 6.45) is 0.416. The van der Waals surface area contributed by atoms with Crippen LogP contribution in [0.3, 0.4) is 0 Å². The lowest BCUT2D eigenvalue weighted by atomic mass is 10.1. The summed E-state index contributed by atoms with van der Waals surface area (Å²) in [6.45, 7) is 1.37. The fourth-order valence-electron chi connectivity index (χ4n) is 1.44. The molecule has 1 atom stereocenters. The van der Waals surface area contributed by atoms with Gasteiger partial charge in [0.2, 0.25) is 5.91 Å². The van der Waals surface area contributed by atoms with Gasteiger partial charge in [0.1, 0.15) is 6.04 Å². The highest BCUT2D eigenvalue weighted by Crippen LogP contribution is 2.12. The van der Waals surface area contributed by atoms with Crippen LogP contribution in [0.4, 0.5) is 0 Å². The number of methoxy groups -OCH3 is 1. The van der Waals surface area contributed by atoms with Crippen LogP contribution >= 0.6 is 15.9 Å². The average Bonchev–Trinajstić information content (AvgIpc) is 2.29. The second-order valence-electron chi connectivity index (χ2n) is 3.61. The van der Waals surface area contributed by atoms with Crippen molar-refractivity contribution in [1.82, 2.24) is 5.32 Å². The number of carbonyl (C=O) groups excluding carboxylic acids is 2. The Morgan fingerprint density at radius 3 is 2.41 bits per heavy atom. The van der Waals surface area contributed by atoms with E-state index in [-0.39, 0.29) is 5.91 Å². The molecule has 0 unspecified atom stereocenters. The Bertz CT molecular complexity index is 403. The minimum Gasteiger partial charge on any atom is -0.467 e. The first kappa shape index (κ1) is 13.7. The molecule has 0 aliphatic heterocycles. The molecule has 0 saturated carbocycles. The minimum absolute atomic E-state index is 0.252. The van der Waals surface area contributed by atoms with Crippen molar-refractivity contribution in [2.45, 2.75) is 19.4 Å². The van der Waals surface area contributed by atoms with Crippen LogP contribution in [0.1, 0.15) is 12.5 Å². The maximum absolute atomic E-state index is 11.5. The lowest BCUT2D eigenvalue weighted by Gasteiger charge is -2.15. The van der Waals surface area contributed by atoms with E-state index in [9.17, 15) is 9.59 Å². The van der Waals surface area contributed by atoms with Gasteiger partial charge in [-0.2, -0.15) is 0 Å². The number of carbonyl (C=O) groups is 2. The molecule has 17 heavy (non-hydrogen) atoms. The standard InChI is InChI=1S/C12H14BrNO3/c1-8(15)14-11(12(16)17-2)7-9-3-5-10(13)6-4-9/h3-6,11H,7H2,1-2H3,(H,14,15)/t11-/m0/s1. The number of esters is 1. The molecule has 1 aromatic rings. The normalized spacial score (nSPS) is 11.7. The molecule has 92 valence electrons. The average molecular weight is 300 g/mol. The number of hydrogen-bond donors (Lipinski definition) is 1. The van der Waals surface area contributed by atoms with E-state index in [1.165, 1.54) is 14.0 Å². The van der Waals surface area contributed by atoms with Crippen LogP contribution in [0.15, 0.2) is 28.7 Å². The lowest BCUT2D eigenvalue weighted by Crippen LogP contribution is -2.41. The summed E-state index contributed by atoms with van der Waals surface area (Å²) in [7, 11) is 1.30. The summed E-state index contributed by atoms with van der Waals surface area (Å²) in [5, 5.41) is 2.57. The van der Waals surface area contributed by atoms with E-state index in [1.54, 1.807) is 0 Å². The van der Waals surface area contributed by atoms with Gasteiger partial charge in [-0.25, -0.2) is 4.79 Å². The highest BCUT2D eigenvalue weighted by Gasteiger charge is 2.20. The summed E-state index contributed by atoms with van der Waals surface area (Å²) in [6, 6.07) is 6.91. The molecule has 0 aliphatic carbocycles. The minimum atomic E-state index is -0.640. The fraction of sp³-hybridized carbons (Fsp3) is 0.333. The molecule has 1 N–H and O–H groups in total. The van der Waals surface area contributed by atoms with Gasteiger partial charge in [0.25, 0.3) is 0 Å². The van der Waals surface area contributed by atoms with E-state index in [1.807, 2.05) is 24.3 Å². The van der Waals surface area contributed by atoms with Crippen molar-refractivity contribution in [2.24, 2.45) is 0 Å². The van der Waals surface area contributed by atoms with Crippen LogP contribution in [-0.4, -0.2) is 25.0 Å². The SMILES string of the molecule is COC(=O)[C@H](Cc1ccc(Br)cc1)NC(C)=O. The van der Waals surface area contributed by atoms with Gasteiger partial charge < -0.3 is 10.1 Å². The predicted molar refractivity (Wildman–Crippen MR) is 67.5 cm³/mol. The maximum atomic E-state index is 11.5. The van der Waals surface area contributed by atoms with Crippen LogP contribution in [0.5, 0.6) is 0 Å². The molecule has 0 spiro atoms. The molecule has 0 bridgehead atoms. The number of benzene rings is 1. The first-order valence-corrected chi connectivity index (χ1v) is 5.91. The number of rotatable bonds is 4. The highest BCUT2D eigenvalue weighted by atomic mass is 79.9. The van der Waals surface area contributed by atoms with Gasteiger partial charge in [0.15, 0.2) is 0 Å². The van der Waals surface area contributed by atoms with E-state index in [0.29, 0.717) is 6.42 Å². The number of halogens is 1. The summed E-state index contributed by atoms with van der Waals surface area (Å²) >= 11 is 3.33. The molecule has 1 rings (SSSR count). The van der Waals surface area contributed by atoms with Crippen molar-refractivity contribution >= 4 is 27.8 Å². The molecule has 0 aromatic heterocycles. The molecule has 0 aliphatic rings. The van der Waals surface area contributed by atoms with Crippen LogP contribution < -0.4 is 5.32 Å². The van der Waals surface area contributed by atoms with Crippen LogP contribution in [0.25, 0.3) is 0 Å². The number of hydrogen-bond acceptors (Lipinski definition) is 3. The summed E-state index contributed by atoms with van der Waals surface area (Å²) < 4.78 is 5.61. The molecule has 0 fully saturated rings. The molecular formula is C12H14BrNO3. The van der Waals surface area contributed by atoms with Crippen LogP contribution in [0.2, 0.25) is 0 Å². The first-order chi connectivity index (χ1) is 8.02. The van der Waals surface area contributed by atoms with Crippen molar-refractivity contribution in [3.8, 4) is 0 Å². The highest BCUT2D eigenvalue weighted by molar-refractivity contribution is 9.10. The molecule has 0 heterocycles. The Balaban J connectivity index is 2.75. The Kier molecular flexibility index (Phi) is 5.15. The summed E-state index contributed by atoms with van der Waals surface area (Å²) in [4.78, 5) is 22.5. The van der Waals surface area contributed by atoms with E-state index in [2.05, 4.69) is 26.0 Å². The van der Waals surface area contributed by atoms with Gasteiger partial charge in [-0.05, 0) is 17.7 Å². The number of ether oxygens (including phenoxy) is 1. The van der Waals surface area contributed by atoms with E-state index >= 15 is 0 Å². The van der Waals surface area contributed by atoms with Gasteiger partial charge in [0, 0.05) is 17.8 Å². The number of nitrogens with one attached hydrogen (secondary N) is 1. The van der Waals surface area contributed by atoms with Crippen LogP contribution in [-0.2, 0) is 20.7 Å². The van der Waals surface area contributed by atoms with Crippen LogP contribution in [0, 0.1) is 0 Å². The Morgan fingerprint density at radius 2 is 1.94 bits per heavy atom. The largest absolute Gasteiger partial charge is 0.467 e. The molecule has 0 radical (unpaired) electrons. The summed E-state index contributed by atoms with van der Waals surface area (Å²) in [5.41, 5.74) is 0.956. The monoisotopic (exact) mass is 299 g/mol. The molecule has 4 nitrogen and oxygen atoms in total. The van der Waals surface area contributed by atoms with E-state index in [0.717, 1.165) is 10.0 Å². The van der Waals surface area contributed by atoms with Gasteiger partial charge in [0.05, 0.1) is 7.11 Å². The lowest BCUT2D eigenvalue weighted by molar-refractivity contribution is -0.144. The Labute approximate surface area is 108 Å². The number of amides is 1. The third-order valence-corrected chi connectivity index (χ3v) is 2.74. The zero-order chi connectivity index (χ0) is 12.8. The fourth-order valence-corrected chi connectivity index (χ4v) is 1.70. The van der Waals surface area contributed by atoms with Crippen molar-refractivity contribution in [3.05, 3.63) is 34.3 Å². The molecule has 1 amide bonds. The van der Waals surface area contributed by atoms with Crippen molar-refractivity contribution in [1.29, 1.82) is 0 Å². The van der Waals surface area contributed by atoms with Crippen molar-refractivity contribution in [2.75, 3.05) is 7.11 Å². The Hall–Kier alpha value is -1.36. The smallest absolute Gasteiger partial charge is 0.328 e. The van der Waals surface area contributed by atoms with E-state index < -0.39 is 12.0 Å². The zero-order valence-electron chi connectivity index (χ0n) is 9.70. The second-order valence-corrected chi connectivity index (χ2v) is 4.52. The Morgan fingerprint density at radius 1 is 1.35 bits per heavy atom. The van der Waals surface area contributed by atoms with Gasteiger partial charge in [-0.1, -0.05) is 28.1 Å². The van der Waals surface area contributed by atoms with E-state index in [4.69, 9.17) is 0 Å². The quantitative estimate of drug-likeness (QED) is 0.861. The summed E-state index contributed by atoms with van der Waals surface area (Å²) in [5.74, 6) is -0.694. The first-order valence-electron chi connectivity index (χ1n) is 5.12.